The SMILES string of the molecule is C=C(/C=C\C(=C)CCc1ccc(C2=CCC=C[CH]2)cc1)CC.CC.CC. The van der Waals surface area contributed by atoms with Crippen molar-refractivity contribution in [3.63, 3.8) is 0 Å². The van der Waals surface area contributed by atoms with Crippen LogP contribution in [0.1, 0.15) is 65.0 Å². The summed E-state index contributed by atoms with van der Waals surface area (Å²) in [7, 11) is 0. The van der Waals surface area contributed by atoms with E-state index in [9.17, 15) is 0 Å². The monoisotopic (exact) mass is 349 g/mol. The first-order chi connectivity index (χ1) is 12.7. The number of allylic oxidation sites excluding steroid dienone is 8. The summed E-state index contributed by atoms with van der Waals surface area (Å²) in [6, 6.07) is 8.89. The lowest BCUT2D eigenvalue weighted by Crippen LogP contribution is -1.91. The Morgan fingerprint density at radius 2 is 1.58 bits per heavy atom. The average molecular weight is 350 g/mol. The zero-order valence-electron chi connectivity index (χ0n) is 17.5. The Labute approximate surface area is 162 Å². The van der Waals surface area contributed by atoms with E-state index >= 15 is 0 Å². The summed E-state index contributed by atoms with van der Waals surface area (Å²) in [6.45, 7) is 18.2. The van der Waals surface area contributed by atoms with Gasteiger partial charge in [0.25, 0.3) is 0 Å². The van der Waals surface area contributed by atoms with Gasteiger partial charge in [-0.2, -0.15) is 0 Å². The van der Waals surface area contributed by atoms with Gasteiger partial charge in [0.15, 0.2) is 0 Å². The zero-order chi connectivity index (χ0) is 19.8. The van der Waals surface area contributed by atoms with E-state index in [1.165, 1.54) is 16.7 Å². The largest absolute Gasteiger partial charge is 0.0958 e. The highest BCUT2D eigenvalue weighted by molar-refractivity contribution is 5.74. The number of rotatable bonds is 7. The maximum Gasteiger partial charge on any atom is 0.0125 e. The van der Waals surface area contributed by atoms with E-state index in [1.807, 2.05) is 27.7 Å². The molecule has 0 fully saturated rings. The third kappa shape index (κ3) is 9.42. The van der Waals surface area contributed by atoms with Gasteiger partial charge in [-0.15, -0.1) is 0 Å². The van der Waals surface area contributed by atoms with Crippen molar-refractivity contribution in [1.82, 2.24) is 0 Å². The van der Waals surface area contributed by atoms with Gasteiger partial charge in [0.2, 0.25) is 0 Å². The summed E-state index contributed by atoms with van der Waals surface area (Å²) in [5.41, 5.74) is 6.29. The van der Waals surface area contributed by atoms with Crippen molar-refractivity contribution in [3.8, 4) is 0 Å². The molecule has 0 aromatic heterocycles. The highest BCUT2D eigenvalue weighted by Gasteiger charge is 2.03. The minimum atomic E-state index is 0.990. The lowest BCUT2D eigenvalue weighted by Gasteiger charge is -2.09. The normalized spacial score (nSPS) is 12.4. The molecule has 1 radical (unpaired) electrons. The van der Waals surface area contributed by atoms with Gasteiger partial charge in [-0.25, -0.2) is 0 Å². The molecule has 0 N–H and O–H groups in total. The topological polar surface area (TPSA) is 0 Å². The third-order valence-electron chi connectivity index (χ3n) is 3.92. The van der Waals surface area contributed by atoms with Crippen LogP contribution in [0.25, 0.3) is 5.57 Å². The Kier molecular flexibility index (Phi) is 14.0. The quantitative estimate of drug-likeness (QED) is 0.434. The molecular weight excluding hydrogens is 312 g/mol. The Bertz CT molecular complexity index is 606. The van der Waals surface area contributed by atoms with Crippen LogP contribution < -0.4 is 0 Å². The van der Waals surface area contributed by atoms with Gasteiger partial charge < -0.3 is 0 Å². The standard InChI is InChI=1S/C22H25.2C2H6/c1-4-18(2)10-11-19(3)12-13-20-14-16-22(17-15-20)21-8-6-5-7-9-21;2*1-2/h5-6,8-11,14-17H,2-4,7,12-13H2,1H3;2*1-2H3/b11-10-;;. The van der Waals surface area contributed by atoms with Crippen LogP contribution in [0.4, 0.5) is 0 Å². The summed E-state index contributed by atoms with van der Waals surface area (Å²) in [5.74, 6) is 0. The highest BCUT2D eigenvalue weighted by atomic mass is 14.1. The van der Waals surface area contributed by atoms with Crippen LogP contribution in [0.3, 0.4) is 0 Å². The van der Waals surface area contributed by atoms with Crippen molar-refractivity contribution in [3.05, 3.63) is 96.5 Å². The molecule has 0 atom stereocenters. The minimum Gasteiger partial charge on any atom is -0.0958 e. The molecule has 0 bridgehead atoms. The fourth-order valence-electron chi connectivity index (χ4n) is 2.33. The zero-order valence-corrected chi connectivity index (χ0v) is 17.5. The molecule has 0 unspecified atom stereocenters. The van der Waals surface area contributed by atoms with E-state index in [0.29, 0.717) is 0 Å². The van der Waals surface area contributed by atoms with Crippen LogP contribution in [0.15, 0.2) is 78.9 Å². The minimum absolute atomic E-state index is 0.990. The van der Waals surface area contributed by atoms with Crippen LogP contribution in [0.5, 0.6) is 0 Å². The molecule has 0 nitrogen and oxygen atoms in total. The van der Waals surface area contributed by atoms with E-state index in [2.05, 4.69) is 81.1 Å². The molecule has 0 aliphatic heterocycles. The van der Waals surface area contributed by atoms with Gasteiger partial charge in [0, 0.05) is 6.42 Å². The van der Waals surface area contributed by atoms with Gasteiger partial charge in [-0.3, -0.25) is 0 Å². The molecule has 0 saturated heterocycles. The first-order valence-electron chi connectivity index (χ1n) is 10.0. The van der Waals surface area contributed by atoms with Gasteiger partial charge >= 0.3 is 0 Å². The molecule has 1 aromatic carbocycles. The lowest BCUT2D eigenvalue weighted by atomic mass is 9.96. The molecule has 0 amide bonds. The van der Waals surface area contributed by atoms with Crippen LogP contribution in [-0.4, -0.2) is 0 Å². The van der Waals surface area contributed by atoms with Crippen molar-refractivity contribution < 1.29 is 0 Å². The maximum atomic E-state index is 4.12. The smallest absolute Gasteiger partial charge is 0.0125 e. The summed E-state index contributed by atoms with van der Waals surface area (Å²) in [6.07, 6.45) is 17.0. The van der Waals surface area contributed by atoms with Crippen LogP contribution in [-0.2, 0) is 6.42 Å². The molecule has 1 aliphatic carbocycles. The molecule has 1 aromatic rings. The van der Waals surface area contributed by atoms with Crippen molar-refractivity contribution in [2.24, 2.45) is 0 Å². The predicted molar refractivity (Wildman–Crippen MR) is 121 cm³/mol. The first kappa shape index (κ1) is 23.9. The molecule has 2 rings (SSSR count). The number of hydrogen-bond acceptors (Lipinski definition) is 0. The average Bonchev–Trinajstić information content (AvgIpc) is 2.74. The molecule has 0 saturated carbocycles. The molecule has 0 heterocycles. The van der Waals surface area contributed by atoms with Gasteiger partial charge in [0.1, 0.15) is 0 Å². The van der Waals surface area contributed by atoms with Crippen molar-refractivity contribution >= 4 is 5.57 Å². The molecule has 141 valence electrons. The second-order valence-electron chi connectivity index (χ2n) is 5.69. The molecule has 1 aliphatic rings. The van der Waals surface area contributed by atoms with E-state index in [4.69, 9.17) is 0 Å². The summed E-state index contributed by atoms with van der Waals surface area (Å²) >= 11 is 0. The van der Waals surface area contributed by atoms with Gasteiger partial charge in [-0.1, -0.05) is 114 Å². The number of aryl methyl sites for hydroxylation is 1. The van der Waals surface area contributed by atoms with E-state index in [-0.39, 0.29) is 0 Å². The lowest BCUT2D eigenvalue weighted by molar-refractivity contribution is 0.968. The molecule has 0 heteroatoms. The molecule has 26 heavy (non-hydrogen) atoms. The fourth-order valence-corrected chi connectivity index (χ4v) is 2.33. The van der Waals surface area contributed by atoms with Crippen LogP contribution in [0.2, 0.25) is 0 Å². The summed E-state index contributed by atoms with van der Waals surface area (Å²) in [4.78, 5) is 0. The molecule has 0 spiro atoms. The number of benzene rings is 1. The Morgan fingerprint density at radius 1 is 0.962 bits per heavy atom. The second-order valence-corrected chi connectivity index (χ2v) is 5.69. The fraction of sp³-hybridized carbons (Fsp3) is 0.346. The van der Waals surface area contributed by atoms with E-state index in [0.717, 1.165) is 36.8 Å². The van der Waals surface area contributed by atoms with Crippen molar-refractivity contribution in [1.29, 1.82) is 0 Å². The molecular formula is C26H37. The maximum absolute atomic E-state index is 4.12. The van der Waals surface area contributed by atoms with Gasteiger partial charge in [-0.05, 0) is 42.4 Å². The van der Waals surface area contributed by atoms with Gasteiger partial charge in [0.05, 0.1) is 0 Å². The Hall–Kier alpha value is -2.08. The van der Waals surface area contributed by atoms with Crippen molar-refractivity contribution in [2.75, 3.05) is 0 Å². The highest BCUT2D eigenvalue weighted by Crippen LogP contribution is 2.23. The summed E-state index contributed by atoms with van der Waals surface area (Å²) in [5, 5.41) is 0. The van der Waals surface area contributed by atoms with Crippen LogP contribution >= 0.6 is 0 Å². The van der Waals surface area contributed by atoms with E-state index < -0.39 is 0 Å². The first-order valence-corrected chi connectivity index (χ1v) is 10.0. The summed E-state index contributed by atoms with van der Waals surface area (Å²) < 4.78 is 0. The van der Waals surface area contributed by atoms with Crippen molar-refractivity contribution in [2.45, 2.75) is 60.3 Å². The van der Waals surface area contributed by atoms with E-state index in [1.54, 1.807) is 0 Å². The Balaban J connectivity index is 0.00000146. The Morgan fingerprint density at radius 3 is 2.12 bits per heavy atom. The third-order valence-corrected chi connectivity index (χ3v) is 3.92. The predicted octanol–water partition coefficient (Wildman–Crippen LogP) is 8.30. The van der Waals surface area contributed by atoms with Crippen LogP contribution in [0, 0.1) is 6.42 Å². The second kappa shape index (κ2) is 15.2. The number of hydrogen-bond donors (Lipinski definition) is 0.